The first-order valence-corrected chi connectivity index (χ1v) is 8.72. The third-order valence-electron chi connectivity index (χ3n) is 5.82. The molecule has 2 atom stereocenters. The number of carbonyl (C=O) groups excluding carboxylic acids is 1. The number of aromatic nitrogens is 2. The molecule has 3 aliphatic carbocycles. The van der Waals surface area contributed by atoms with Gasteiger partial charge in [0.25, 0.3) is 5.91 Å². The molecule has 0 radical (unpaired) electrons. The highest BCUT2D eigenvalue weighted by Gasteiger charge is 2.40. The van der Waals surface area contributed by atoms with Gasteiger partial charge in [0.1, 0.15) is 5.69 Å². The fraction of sp³-hybridized carbons (Fsp3) is 0.765. The van der Waals surface area contributed by atoms with Crippen LogP contribution in [-0.2, 0) is 7.05 Å². The lowest BCUT2D eigenvalue weighted by Gasteiger charge is -2.45. The molecule has 4 rings (SSSR count). The predicted octanol–water partition coefficient (Wildman–Crippen LogP) is 1.93. The predicted molar refractivity (Wildman–Crippen MR) is 84.5 cm³/mol. The second-order valence-corrected chi connectivity index (χ2v) is 7.53. The standard InChI is InChI=1S/C17H26N4O/c1-21-15(10-5-6-10)9-14(20-21)17(22)19-16-11-3-2-4-12(16)8-13(18)7-11/h9-13,16H,2-8,18H2,1H3,(H,19,22). The van der Waals surface area contributed by atoms with Gasteiger partial charge >= 0.3 is 0 Å². The third-order valence-corrected chi connectivity index (χ3v) is 5.82. The van der Waals surface area contributed by atoms with Gasteiger partial charge in [-0.15, -0.1) is 0 Å². The summed E-state index contributed by atoms with van der Waals surface area (Å²) in [7, 11) is 1.94. The van der Waals surface area contributed by atoms with Crippen LogP contribution in [0.5, 0.6) is 0 Å². The molecule has 0 saturated heterocycles. The van der Waals surface area contributed by atoms with Crippen molar-refractivity contribution < 1.29 is 4.79 Å². The van der Waals surface area contributed by atoms with Crippen LogP contribution in [0.3, 0.4) is 0 Å². The van der Waals surface area contributed by atoms with E-state index in [2.05, 4.69) is 10.4 Å². The molecule has 3 fully saturated rings. The molecule has 0 aromatic carbocycles. The van der Waals surface area contributed by atoms with Gasteiger partial charge in [-0.25, -0.2) is 0 Å². The summed E-state index contributed by atoms with van der Waals surface area (Å²) in [5.41, 5.74) is 7.95. The quantitative estimate of drug-likeness (QED) is 0.896. The Morgan fingerprint density at radius 3 is 2.59 bits per heavy atom. The van der Waals surface area contributed by atoms with E-state index in [0.717, 1.165) is 12.8 Å². The first kappa shape index (κ1) is 14.2. The summed E-state index contributed by atoms with van der Waals surface area (Å²) in [6.45, 7) is 0. The SMILES string of the molecule is Cn1nc(C(=O)NC2C3CCCC2CC(N)C3)cc1C1CC1. The fourth-order valence-electron chi connectivity index (χ4n) is 4.60. The molecule has 1 aromatic rings. The minimum absolute atomic E-state index is 0.000119. The molecular formula is C17H26N4O. The van der Waals surface area contributed by atoms with Gasteiger partial charge in [-0.2, -0.15) is 5.10 Å². The number of aryl methyl sites for hydroxylation is 1. The number of nitrogens with zero attached hydrogens (tertiary/aromatic N) is 2. The van der Waals surface area contributed by atoms with E-state index in [4.69, 9.17) is 5.73 Å². The normalized spacial score (nSPS) is 34.5. The summed E-state index contributed by atoms with van der Waals surface area (Å²) in [6, 6.07) is 2.60. The molecule has 1 aromatic heterocycles. The molecule has 0 aliphatic heterocycles. The Morgan fingerprint density at radius 2 is 1.95 bits per heavy atom. The number of hydrogen-bond acceptors (Lipinski definition) is 3. The van der Waals surface area contributed by atoms with Crippen LogP contribution in [0, 0.1) is 11.8 Å². The van der Waals surface area contributed by atoms with Crippen LogP contribution in [0.2, 0.25) is 0 Å². The van der Waals surface area contributed by atoms with E-state index in [1.807, 2.05) is 17.8 Å². The summed E-state index contributed by atoms with van der Waals surface area (Å²) < 4.78 is 1.88. The van der Waals surface area contributed by atoms with E-state index >= 15 is 0 Å². The number of amides is 1. The van der Waals surface area contributed by atoms with Crippen molar-refractivity contribution in [3.63, 3.8) is 0 Å². The van der Waals surface area contributed by atoms with Gasteiger partial charge in [0.2, 0.25) is 0 Å². The van der Waals surface area contributed by atoms with Crippen molar-refractivity contribution in [3.05, 3.63) is 17.5 Å². The zero-order valence-corrected chi connectivity index (χ0v) is 13.3. The van der Waals surface area contributed by atoms with Crippen molar-refractivity contribution in [2.45, 2.75) is 62.9 Å². The number of rotatable bonds is 3. The molecule has 1 heterocycles. The van der Waals surface area contributed by atoms with Gasteiger partial charge in [0.05, 0.1) is 0 Å². The molecule has 22 heavy (non-hydrogen) atoms. The average Bonchev–Trinajstić information content (AvgIpc) is 3.22. The van der Waals surface area contributed by atoms with Crippen LogP contribution >= 0.6 is 0 Å². The van der Waals surface area contributed by atoms with E-state index in [9.17, 15) is 4.79 Å². The third kappa shape index (κ3) is 2.56. The molecule has 1 amide bonds. The summed E-state index contributed by atoms with van der Waals surface area (Å²) in [6.07, 6.45) is 8.24. The average molecular weight is 302 g/mol. The van der Waals surface area contributed by atoms with Crippen molar-refractivity contribution in [2.24, 2.45) is 24.6 Å². The molecule has 5 nitrogen and oxygen atoms in total. The maximum atomic E-state index is 12.6. The monoisotopic (exact) mass is 302 g/mol. The smallest absolute Gasteiger partial charge is 0.272 e. The Hall–Kier alpha value is -1.36. The van der Waals surface area contributed by atoms with Crippen molar-refractivity contribution >= 4 is 5.91 Å². The van der Waals surface area contributed by atoms with Gasteiger partial charge in [-0.1, -0.05) is 6.42 Å². The van der Waals surface area contributed by atoms with Crippen molar-refractivity contribution in [2.75, 3.05) is 0 Å². The maximum Gasteiger partial charge on any atom is 0.272 e. The highest BCUT2D eigenvalue weighted by molar-refractivity contribution is 5.92. The Bertz CT molecular complexity index is 563. The molecule has 3 aliphatic rings. The van der Waals surface area contributed by atoms with Crippen molar-refractivity contribution in [1.29, 1.82) is 0 Å². The molecule has 2 bridgehead atoms. The van der Waals surface area contributed by atoms with Crippen LogP contribution in [0.1, 0.15) is 67.0 Å². The Balaban J connectivity index is 1.48. The Kier molecular flexibility index (Phi) is 3.48. The topological polar surface area (TPSA) is 72.9 Å². The van der Waals surface area contributed by atoms with Gasteiger partial charge in [0, 0.05) is 30.7 Å². The van der Waals surface area contributed by atoms with Crippen LogP contribution < -0.4 is 11.1 Å². The van der Waals surface area contributed by atoms with Crippen LogP contribution in [-0.4, -0.2) is 27.8 Å². The Morgan fingerprint density at radius 1 is 1.27 bits per heavy atom. The number of nitrogens with two attached hydrogens (primary N) is 1. The molecular weight excluding hydrogens is 276 g/mol. The van der Waals surface area contributed by atoms with Gasteiger partial charge in [-0.3, -0.25) is 9.48 Å². The first-order chi connectivity index (χ1) is 10.6. The summed E-state index contributed by atoms with van der Waals surface area (Å²) in [5.74, 6) is 1.72. The highest BCUT2D eigenvalue weighted by atomic mass is 16.2. The number of nitrogens with one attached hydrogen (secondary N) is 1. The number of fused-ring (bicyclic) bond motifs is 2. The fourth-order valence-corrected chi connectivity index (χ4v) is 4.60. The minimum atomic E-state index is -0.000119. The lowest BCUT2D eigenvalue weighted by Crippen LogP contribution is -2.53. The van der Waals surface area contributed by atoms with E-state index < -0.39 is 0 Å². The molecule has 3 saturated carbocycles. The van der Waals surface area contributed by atoms with Gasteiger partial charge in [-0.05, 0) is 56.4 Å². The molecule has 3 N–H and O–H groups in total. The maximum absolute atomic E-state index is 12.6. The molecule has 2 unspecified atom stereocenters. The van der Waals surface area contributed by atoms with Crippen molar-refractivity contribution in [1.82, 2.24) is 15.1 Å². The zero-order chi connectivity index (χ0) is 15.3. The number of carbonyl (C=O) groups is 1. The van der Waals surface area contributed by atoms with Crippen molar-refractivity contribution in [3.8, 4) is 0 Å². The largest absolute Gasteiger partial charge is 0.347 e. The van der Waals surface area contributed by atoms with Gasteiger partial charge < -0.3 is 11.1 Å². The summed E-state index contributed by atoms with van der Waals surface area (Å²) in [5, 5.41) is 7.71. The second-order valence-electron chi connectivity index (χ2n) is 7.53. The van der Waals surface area contributed by atoms with Gasteiger partial charge in [0.15, 0.2) is 0 Å². The lowest BCUT2D eigenvalue weighted by atomic mass is 9.67. The summed E-state index contributed by atoms with van der Waals surface area (Å²) >= 11 is 0. The molecule has 0 spiro atoms. The van der Waals surface area contributed by atoms with Crippen LogP contribution in [0.25, 0.3) is 0 Å². The van der Waals surface area contributed by atoms with Crippen LogP contribution in [0.15, 0.2) is 6.07 Å². The highest BCUT2D eigenvalue weighted by Crippen LogP contribution is 2.41. The first-order valence-electron chi connectivity index (χ1n) is 8.72. The van der Waals surface area contributed by atoms with E-state index in [0.29, 0.717) is 35.5 Å². The minimum Gasteiger partial charge on any atom is -0.347 e. The van der Waals surface area contributed by atoms with E-state index in [-0.39, 0.29) is 5.91 Å². The molecule has 5 heteroatoms. The molecule has 120 valence electrons. The number of hydrogen-bond donors (Lipinski definition) is 2. The van der Waals surface area contributed by atoms with E-state index in [1.165, 1.54) is 37.8 Å². The van der Waals surface area contributed by atoms with E-state index in [1.54, 1.807) is 0 Å². The zero-order valence-electron chi connectivity index (χ0n) is 13.3. The Labute approximate surface area is 131 Å². The summed E-state index contributed by atoms with van der Waals surface area (Å²) in [4.78, 5) is 12.6. The lowest BCUT2D eigenvalue weighted by molar-refractivity contribution is 0.0751. The van der Waals surface area contributed by atoms with Crippen LogP contribution in [0.4, 0.5) is 0 Å². The second kappa shape index (κ2) is 5.37.